The number of rotatable bonds is 4. The van der Waals surface area contributed by atoms with Gasteiger partial charge in [0.1, 0.15) is 0 Å². The van der Waals surface area contributed by atoms with Gasteiger partial charge in [0, 0.05) is 21.5 Å². The Labute approximate surface area is 154 Å². The van der Waals surface area contributed by atoms with Crippen LogP contribution in [0, 0.1) is 0 Å². The van der Waals surface area contributed by atoms with E-state index in [4.69, 9.17) is 11.6 Å². The summed E-state index contributed by atoms with van der Waals surface area (Å²) in [5.41, 5.74) is 5.86. The molecule has 0 atom stereocenters. The molecule has 4 rings (SSSR count). The van der Waals surface area contributed by atoms with Gasteiger partial charge in [-0.2, -0.15) is 5.10 Å². The maximum Gasteiger partial charge on any atom is 0.203 e. The Morgan fingerprint density at radius 1 is 0.960 bits per heavy atom. The van der Waals surface area contributed by atoms with Gasteiger partial charge < -0.3 is 0 Å². The van der Waals surface area contributed by atoms with Crippen molar-refractivity contribution in [2.75, 3.05) is 5.43 Å². The van der Waals surface area contributed by atoms with Gasteiger partial charge in [0.2, 0.25) is 5.13 Å². The minimum atomic E-state index is 0.670. The molecule has 0 unspecified atom stereocenters. The van der Waals surface area contributed by atoms with Gasteiger partial charge in [-0.1, -0.05) is 66.2 Å². The van der Waals surface area contributed by atoms with E-state index in [1.54, 1.807) is 6.21 Å². The smallest absolute Gasteiger partial charge is 0.203 e. The first-order valence-corrected chi connectivity index (χ1v) is 9.04. The second-order valence-corrected chi connectivity index (χ2v) is 6.76. The number of fused-ring (bicyclic) bond motifs is 1. The van der Waals surface area contributed by atoms with Gasteiger partial charge in [-0.25, -0.2) is 4.98 Å². The van der Waals surface area contributed by atoms with Gasteiger partial charge in [-0.05, 0) is 22.9 Å². The lowest BCUT2D eigenvalue weighted by molar-refractivity contribution is 1.29. The lowest BCUT2D eigenvalue weighted by atomic mass is 10.1. The first-order valence-electron chi connectivity index (χ1n) is 7.78. The third-order valence-electron chi connectivity index (χ3n) is 3.82. The summed E-state index contributed by atoms with van der Waals surface area (Å²) in [4.78, 5) is 4.60. The molecule has 3 aromatic carbocycles. The summed E-state index contributed by atoms with van der Waals surface area (Å²) in [6, 6.07) is 22.2. The van der Waals surface area contributed by atoms with Crippen LogP contribution in [0.1, 0.15) is 5.56 Å². The molecule has 122 valence electrons. The number of hydrogen-bond acceptors (Lipinski definition) is 4. The summed E-state index contributed by atoms with van der Waals surface area (Å²) in [5.74, 6) is 0. The third kappa shape index (κ3) is 3.55. The topological polar surface area (TPSA) is 37.3 Å². The molecular weight excluding hydrogens is 350 g/mol. The summed E-state index contributed by atoms with van der Waals surface area (Å²) in [7, 11) is 0. The van der Waals surface area contributed by atoms with Crippen molar-refractivity contribution in [1.82, 2.24) is 4.98 Å². The molecule has 0 aliphatic rings. The van der Waals surface area contributed by atoms with Gasteiger partial charge in [-0.3, -0.25) is 5.43 Å². The Balaban J connectivity index is 1.52. The van der Waals surface area contributed by atoms with Gasteiger partial charge in [0.05, 0.1) is 11.9 Å². The molecule has 5 heteroatoms. The van der Waals surface area contributed by atoms with E-state index in [-0.39, 0.29) is 0 Å². The Hall–Kier alpha value is -2.69. The summed E-state index contributed by atoms with van der Waals surface area (Å²) >= 11 is 7.63. The number of anilines is 1. The van der Waals surface area contributed by atoms with Crippen LogP contribution in [-0.2, 0) is 0 Å². The monoisotopic (exact) mass is 363 g/mol. The third-order valence-corrected chi connectivity index (χ3v) is 4.91. The average Bonchev–Trinajstić information content (AvgIpc) is 3.12. The Morgan fingerprint density at radius 2 is 1.76 bits per heavy atom. The second kappa shape index (κ2) is 7.05. The fraction of sp³-hybridized carbons (Fsp3) is 0. The molecule has 1 N–H and O–H groups in total. The predicted octanol–water partition coefficient (Wildman–Crippen LogP) is 6.06. The van der Waals surface area contributed by atoms with Crippen LogP contribution in [-0.4, -0.2) is 11.2 Å². The van der Waals surface area contributed by atoms with Crippen molar-refractivity contribution in [2.45, 2.75) is 0 Å². The molecule has 0 radical (unpaired) electrons. The highest BCUT2D eigenvalue weighted by Gasteiger charge is 2.05. The quantitative estimate of drug-likeness (QED) is 0.353. The van der Waals surface area contributed by atoms with Crippen LogP contribution < -0.4 is 5.43 Å². The second-order valence-electron chi connectivity index (χ2n) is 5.49. The van der Waals surface area contributed by atoms with Crippen molar-refractivity contribution in [3.05, 3.63) is 82.7 Å². The zero-order valence-corrected chi connectivity index (χ0v) is 14.8. The first kappa shape index (κ1) is 15.8. The molecular formula is C20H14ClN3S. The van der Waals surface area contributed by atoms with Crippen LogP contribution in [0.3, 0.4) is 0 Å². The van der Waals surface area contributed by atoms with Crippen molar-refractivity contribution in [2.24, 2.45) is 5.10 Å². The number of halogens is 1. The van der Waals surface area contributed by atoms with Crippen molar-refractivity contribution >= 4 is 45.1 Å². The lowest BCUT2D eigenvalue weighted by Crippen LogP contribution is -1.90. The van der Waals surface area contributed by atoms with Crippen molar-refractivity contribution < 1.29 is 0 Å². The van der Waals surface area contributed by atoms with Crippen LogP contribution in [0.5, 0.6) is 0 Å². The van der Waals surface area contributed by atoms with Crippen molar-refractivity contribution in [3.63, 3.8) is 0 Å². The SMILES string of the molecule is Clc1ccccc1/C=N\Nc1nc(-c2ccc3ccccc3c2)cs1. The Morgan fingerprint density at radius 3 is 2.64 bits per heavy atom. The average molecular weight is 364 g/mol. The number of nitrogens with zero attached hydrogens (tertiary/aromatic N) is 2. The van der Waals surface area contributed by atoms with E-state index in [2.05, 4.69) is 45.8 Å². The van der Waals surface area contributed by atoms with Gasteiger partial charge in [-0.15, -0.1) is 11.3 Å². The van der Waals surface area contributed by atoms with Crippen LogP contribution in [0.25, 0.3) is 22.0 Å². The molecule has 0 saturated carbocycles. The molecule has 0 saturated heterocycles. The number of hydrazone groups is 1. The molecule has 0 fully saturated rings. The number of hydrogen-bond donors (Lipinski definition) is 1. The minimum Gasteiger partial charge on any atom is -0.253 e. The van der Waals surface area contributed by atoms with E-state index in [9.17, 15) is 0 Å². The molecule has 3 nitrogen and oxygen atoms in total. The Kier molecular flexibility index (Phi) is 4.46. The van der Waals surface area contributed by atoms with Crippen LogP contribution in [0.4, 0.5) is 5.13 Å². The van der Waals surface area contributed by atoms with Gasteiger partial charge >= 0.3 is 0 Å². The van der Waals surface area contributed by atoms with Gasteiger partial charge in [0.25, 0.3) is 0 Å². The largest absolute Gasteiger partial charge is 0.253 e. The Bertz CT molecular complexity index is 1060. The standard InChI is InChI=1S/C20H14ClN3S/c21-18-8-4-3-7-17(18)12-22-24-20-23-19(13-25-20)16-10-9-14-5-1-2-6-15(14)11-16/h1-13H,(H,23,24)/b22-12-. The summed E-state index contributed by atoms with van der Waals surface area (Å²) in [5, 5.41) is 10.1. The van der Waals surface area contributed by atoms with E-state index in [0.717, 1.165) is 22.0 Å². The molecule has 0 spiro atoms. The molecule has 1 aromatic heterocycles. The molecule has 0 amide bonds. The predicted molar refractivity (Wildman–Crippen MR) is 108 cm³/mol. The molecule has 0 aliphatic carbocycles. The van der Waals surface area contributed by atoms with Crippen molar-refractivity contribution in [3.8, 4) is 11.3 Å². The highest BCUT2D eigenvalue weighted by molar-refractivity contribution is 7.14. The number of aromatic nitrogens is 1. The van der Waals surface area contributed by atoms with E-state index < -0.39 is 0 Å². The molecule has 0 aliphatic heterocycles. The van der Waals surface area contributed by atoms with E-state index in [0.29, 0.717) is 5.02 Å². The van der Waals surface area contributed by atoms with Crippen molar-refractivity contribution in [1.29, 1.82) is 0 Å². The minimum absolute atomic E-state index is 0.670. The maximum absolute atomic E-state index is 6.11. The highest BCUT2D eigenvalue weighted by Crippen LogP contribution is 2.27. The summed E-state index contributed by atoms with van der Waals surface area (Å²) in [6.45, 7) is 0. The fourth-order valence-corrected chi connectivity index (χ4v) is 3.40. The van der Waals surface area contributed by atoms with Crippen LogP contribution in [0.2, 0.25) is 5.02 Å². The number of nitrogens with one attached hydrogen (secondary N) is 1. The number of thiazole rings is 1. The lowest BCUT2D eigenvalue weighted by Gasteiger charge is -2.01. The zero-order chi connectivity index (χ0) is 17.1. The first-order chi connectivity index (χ1) is 12.3. The zero-order valence-electron chi connectivity index (χ0n) is 13.2. The van der Waals surface area contributed by atoms with Gasteiger partial charge in [0.15, 0.2) is 0 Å². The van der Waals surface area contributed by atoms with E-state index in [1.807, 2.05) is 41.8 Å². The van der Waals surface area contributed by atoms with E-state index >= 15 is 0 Å². The molecule has 4 aromatic rings. The highest BCUT2D eigenvalue weighted by atomic mass is 35.5. The number of benzene rings is 3. The normalized spacial score (nSPS) is 11.2. The molecule has 25 heavy (non-hydrogen) atoms. The fourth-order valence-electron chi connectivity index (χ4n) is 2.54. The van der Waals surface area contributed by atoms with Crippen LogP contribution in [0.15, 0.2) is 77.2 Å². The molecule has 0 bridgehead atoms. The maximum atomic E-state index is 6.11. The van der Waals surface area contributed by atoms with Crippen LogP contribution >= 0.6 is 22.9 Å². The van der Waals surface area contributed by atoms with E-state index in [1.165, 1.54) is 22.1 Å². The molecule has 1 heterocycles. The summed E-state index contributed by atoms with van der Waals surface area (Å²) < 4.78 is 0. The summed E-state index contributed by atoms with van der Waals surface area (Å²) in [6.07, 6.45) is 1.69.